The molecular formula is C23H50Si. The second kappa shape index (κ2) is 18.0. The van der Waals surface area contributed by atoms with Gasteiger partial charge in [0.2, 0.25) is 0 Å². The van der Waals surface area contributed by atoms with Gasteiger partial charge in [-0.1, -0.05) is 148 Å². The average Bonchev–Trinajstić information content (AvgIpc) is 2.57. The first-order chi connectivity index (χ1) is 11.6. The third-order valence-electron chi connectivity index (χ3n) is 5.91. The highest BCUT2D eigenvalue weighted by molar-refractivity contribution is 6.77. The molecule has 0 fully saturated rings. The molecule has 0 aromatic carbocycles. The smallest absolute Gasteiger partial charge is 0.0471 e. The van der Waals surface area contributed by atoms with E-state index in [1.807, 2.05) is 0 Å². The summed E-state index contributed by atoms with van der Waals surface area (Å²) in [6, 6.07) is 3.02. The maximum absolute atomic E-state index is 2.56. The summed E-state index contributed by atoms with van der Waals surface area (Å²) in [5.74, 6) is 0. The monoisotopic (exact) mass is 354 g/mol. The van der Waals surface area contributed by atoms with Crippen LogP contribution in [0.3, 0.4) is 0 Å². The molecule has 0 spiro atoms. The molecule has 0 nitrogen and oxygen atoms in total. The van der Waals surface area contributed by atoms with Crippen LogP contribution >= 0.6 is 0 Å². The SMILES string of the molecule is CCCCCCCCCCCCCCCCCCC[Si](C)(C)CC. The second-order valence-corrected chi connectivity index (χ2v) is 14.5. The molecule has 0 amide bonds. The summed E-state index contributed by atoms with van der Waals surface area (Å²) in [5, 5.41) is 0. The van der Waals surface area contributed by atoms with E-state index in [4.69, 9.17) is 0 Å². The first kappa shape index (κ1) is 24.2. The molecule has 0 aromatic heterocycles. The third-order valence-corrected chi connectivity index (χ3v) is 9.54. The molecule has 1 heteroatoms. The van der Waals surface area contributed by atoms with Crippen LogP contribution < -0.4 is 0 Å². The molecule has 0 aliphatic heterocycles. The Morgan fingerprint density at radius 1 is 0.417 bits per heavy atom. The van der Waals surface area contributed by atoms with Gasteiger partial charge in [-0.3, -0.25) is 0 Å². The summed E-state index contributed by atoms with van der Waals surface area (Å²) in [5.41, 5.74) is 0. The van der Waals surface area contributed by atoms with E-state index in [0.29, 0.717) is 0 Å². The number of hydrogen-bond acceptors (Lipinski definition) is 0. The van der Waals surface area contributed by atoms with Gasteiger partial charge in [-0.15, -0.1) is 0 Å². The molecule has 146 valence electrons. The number of hydrogen-bond donors (Lipinski definition) is 0. The van der Waals surface area contributed by atoms with Crippen LogP contribution in [0.5, 0.6) is 0 Å². The molecule has 0 aromatic rings. The van der Waals surface area contributed by atoms with Crippen LogP contribution in [0.4, 0.5) is 0 Å². The average molecular weight is 355 g/mol. The Morgan fingerprint density at radius 3 is 1.00 bits per heavy atom. The first-order valence-electron chi connectivity index (χ1n) is 11.6. The van der Waals surface area contributed by atoms with E-state index < -0.39 is 8.07 Å². The summed E-state index contributed by atoms with van der Waals surface area (Å²) >= 11 is 0. The summed E-state index contributed by atoms with van der Waals surface area (Å²) < 4.78 is 0. The third kappa shape index (κ3) is 18.6. The van der Waals surface area contributed by atoms with Gasteiger partial charge >= 0.3 is 0 Å². The molecule has 0 unspecified atom stereocenters. The maximum atomic E-state index is 2.56. The lowest BCUT2D eigenvalue weighted by Crippen LogP contribution is -2.22. The van der Waals surface area contributed by atoms with Gasteiger partial charge in [-0.25, -0.2) is 0 Å². The molecule has 0 heterocycles. The predicted molar refractivity (Wildman–Crippen MR) is 117 cm³/mol. The fourth-order valence-electron chi connectivity index (χ4n) is 3.51. The van der Waals surface area contributed by atoms with Crippen molar-refractivity contribution in [3.8, 4) is 0 Å². The number of unbranched alkanes of at least 4 members (excludes halogenated alkanes) is 16. The Kier molecular flexibility index (Phi) is 18.2. The minimum Gasteiger partial charge on any atom is -0.0694 e. The standard InChI is InChI=1S/C23H50Si/c1-5-7-8-9-10-11-12-13-14-15-16-17-18-19-20-21-22-23-24(3,4)6-2/h5-23H2,1-4H3. The van der Waals surface area contributed by atoms with E-state index in [9.17, 15) is 0 Å². The molecule has 0 bridgehead atoms. The van der Waals surface area contributed by atoms with Crippen molar-refractivity contribution in [2.75, 3.05) is 0 Å². The van der Waals surface area contributed by atoms with Crippen LogP contribution in [0.25, 0.3) is 0 Å². The Bertz CT molecular complexity index is 234. The molecule has 0 radical (unpaired) electrons. The molecule has 0 aliphatic rings. The topological polar surface area (TPSA) is 0 Å². The van der Waals surface area contributed by atoms with Gasteiger partial charge < -0.3 is 0 Å². The summed E-state index contributed by atoms with van der Waals surface area (Å²) in [7, 11) is -0.786. The predicted octanol–water partition coefficient (Wildman–Crippen LogP) is 9.37. The Balaban J connectivity index is 3.05. The highest BCUT2D eigenvalue weighted by atomic mass is 28.3. The van der Waals surface area contributed by atoms with Gasteiger partial charge in [0.05, 0.1) is 0 Å². The number of rotatable bonds is 19. The highest BCUT2D eigenvalue weighted by Crippen LogP contribution is 2.19. The second-order valence-electron chi connectivity index (χ2n) is 8.92. The van der Waals surface area contributed by atoms with Gasteiger partial charge in [0.25, 0.3) is 0 Å². The van der Waals surface area contributed by atoms with E-state index >= 15 is 0 Å². The Hall–Kier alpha value is 0.217. The molecule has 0 saturated carbocycles. The van der Waals surface area contributed by atoms with Crippen molar-refractivity contribution in [3.63, 3.8) is 0 Å². The van der Waals surface area contributed by atoms with Crippen molar-refractivity contribution >= 4 is 8.07 Å². The molecule has 0 saturated heterocycles. The van der Waals surface area contributed by atoms with Gasteiger partial charge in [0.15, 0.2) is 0 Å². The lowest BCUT2D eigenvalue weighted by atomic mass is 10.0. The van der Waals surface area contributed by atoms with Gasteiger partial charge in [0.1, 0.15) is 0 Å². The van der Waals surface area contributed by atoms with Crippen molar-refractivity contribution < 1.29 is 0 Å². The first-order valence-corrected chi connectivity index (χ1v) is 15.0. The zero-order valence-electron chi connectivity index (χ0n) is 17.9. The molecule has 0 atom stereocenters. The molecule has 0 N–H and O–H groups in total. The van der Waals surface area contributed by atoms with Crippen molar-refractivity contribution in [1.82, 2.24) is 0 Å². The maximum Gasteiger partial charge on any atom is 0.0471 e. The van der Waals surface area contributed by atoms with Crippen LogP contribution in [0.2, 0.25) is 25.2 Å². The molecule has 24 heavy (non-hydrogen) atoms. The van der Waals surface area contributed by atoms with Crippen molar-refractivity contribution in [2.24, 2.45) is 0 Å². The van der Waals surface area contributed by atoms with Crippen LogP contribution in [0.1, 0.15) is 123 Å². The normalized spacial score (nSPS) is 12.0. The summed E-state index contributed by atoms with van der Waals surface area (Å²) in [6.45, 7) is 9.80. The van der Waals surface area contributed by atoms with E-state index in [1.54, 1.807) is 6.04 Å². The van der Waals surface area contributed by atoms with E-state index in [2.05, 4.69) is 26.9 Å². The lowest BCUT2D eigenvalue weighted by Gasteiger charge is -2.19. The van der Waals surface area contributed by atoms with Crippen LogP contribution in [0.15, 0.2) is 0 Å². The van der Waals surface area contributed by atoms with Crippen molar-refractivity contribution in [2.45, 2.75) is 148 Å². The fraction of sp³-hybridized carbons (Fsp3) is 1.00. The van der Waals surface area contributed by atoms with Gasteiger partial charge in [0, 0.05) is 8.07 Å². The molecule has 0 rings (SSSR count). The minimum atomic E-state index is -0.786. The summed E-state index contributed by atoms with van der Waals surface area (Å²) in [6.07, 6.45) is 25.2. The zero-order chi connectivity index (χ0) is 17.9. The van der Waals surface area contributed by atoms with Gasteiger partial charge in [-0.05, 0) is 0 Å². The Labute approximate surface area is 156 Å². The van der Waals surface area contributed by atoms with E-state index in [0.717, 1.165) is 0 Å². The van der Waals surface area contributed by atoms with E-state index in [1.165, 1.54) is 115 Å². The van der Waals surface area contributed by atoms with Crippen LogP contribution in [0, 0.1) is 0 Å². The lowest BCUT2D eigenvalue weighted by molar-refractivity contribution is 0.528. The Morgan fingerprint density at radius 2 is 0.708 bits per heavy atom. The summed E-state index contributed by atoms with van der Waals surface area (Å²) in [4.78, 5) is 0. The van der Waals surface area contributed by atoms with Crippen LogP contribution in [-0.2, 0) is 0 Å². The minimum absolute atomic E-state index is 0.786. The molecule has 0 aliphatic carbocycles. The largest absolute Gasteiger partial charge is 0.0694 e. The zero-order valence-corrected chi connectivity index (χ0v) is 18.9. The van der Waals surface area contributed by atoms with Gasteiger partial charge in [-0.2, -0.15) is 0 Å². The molecular weight excluding hydrogens is 304 g/mol. The highest BCUT2D eigenvalue weighted by Gasteiger charge is 2.16. The fourth-order valence-corrected chi connectivity index (χ4v) is 5.07. The van der Waals surface area contributed by atoms with E-state index in [-0.39, 0.29) is 0 Å². The van der Waals surface area contributed by atoms with Crippen molar-refractivity contribution in [3.05, 3.63) is 0 Å². The van der Waals surface area contributed by atoms with Crippen molar-refractivity contribution in [1.29, 1.82) is 0 Å². The van der Waals surface area contributed by atoms with Crippen LogP contribution in [-0.4, -0.2) is 8.07 Å². The quantitative estimate of drug-likeness (QED) is 0.160.